The predicted octanol–water partition coefficient (Wildman–Crippen LogP) is 3.13. The number of hydrogen-bond donors (Lipinski definition) is 0. The maximum atomic E-state index is 5.37. The molecule has 18 heavy (non-hydrogen) atoms. The average Bonchev–Trinajstić information content (AvgIpc) is 2.82. The highest BCUT2D eigenvalue weighted by Crippen LogP contribution is 2.24. The summed E-state index contributed by atoms with van der Waals surface area (Å²) in [6, 6.07) is 10.6. The van der Waals surface area contributed by atoms with Crippen molar-refractivity contribution in [1.29, 1.82) is 0 Å². The van der Waals surface area contributed by atoms with Gasteiger partial charge in [-0.05, 0) is 5.56 Å². The molecule has 94 valence electrons. The van der Waals surface area contributed by atoms with Gasteiger partial charge in [0.2, 0.25) is 0 Å². The fourth-order valence-corrected chi connectivity index (χ4v) is 2.84. The van der Waals surface area contributed by atoms with Crippen LogP contribution in [0.25, 0.3) is 0 Å². The first-order valence-corrected chi connectivity index (χ1v) is 7.27. The summed E-state index contributed by atoms with van der Waals surface area (Å²) >= 11 is 3.46. The van der Waals surface area contributed by atoms with Crippen molar-refractivity contribution < 1.29 is 4.52 Å². The van der Waals surface area contributed by atoms with E-state index in [0.717, 1.165) is 42.8 Å². The molecule has 0 N–H and O–H groups in total. The van der Waals surface area contributed by atoms with Gasteiger partial charge in [0.15, 0.2) is 0 Å². The van der Waals surface area contributed by atoms with E-state index in [1.165, 1.54) is 11.1 Å². The minimum absolute atomic E-state index is 0.769. The SMILES string of the molecule is BrCc1noc2c1CN(Cc1ccccc1)CC2. The molecule has 0 saturated heterocycles. The number of benzene rings is 1. The van der Waals surface area contributed by atoms with Crippen LogP contribution in [0, 0.1) is 0 Å². The molecule has 0 saturated carbocycles. The summed E-state index contributed by atoms with van der Waals surface area (Å²) in [6.45, 7) is 2.97. The third kappa shape index (κ3) is 2.35. The van der Waals surface area contributed by atoms with E-state index in [1.807, 2.05) is 0 Å². The molecule has 0 bridgehead atoms. The molecule has 3 nitrogen and oxygen atoms in total. The molecule has 0 aliphatic carbocycles. The van der Waals surface area contributed by atoms with Crippen molar-refractivity contribution >= 4 is 15.9 Å². The quantitative estimate of drug-likeness (QED) is 0.816. The lowest BCUT2D eigenvalue weighted by atomic mass is 10.1. The Morgan fingerprint density at radius 1 is 1.28 bits per heavy atom. The maximum Gasteiger partial charge on any atom is 0.142 e. The van der Waals surface area contributed by atoms with Crippen LogP contribution in [0.5, 0.6) is 0 Å². The van der Waals surface area contributed by atoms with Crippen molar-refractivity contribution in [2.24, 2.45) is 0 Å². The van der Waals surface area contributed by atoms with Crippen molar-refractivity contribution in [2.75, 3.05) is 6.54 Å². The van der Waals surface area contributed by atoms with Gasteiger partial charge in [-0.15, -0.1) is 0 Å². The largest absolute Gasteiger partial charge is 0.361 e. The standard InChI is InChI=1S/C14H15BrN2O/c15-8-13-12-10-17(7-6-14(12)18-16-13)9-11-4-2-1-3-5-11/h1-5H,6-10H2. The summed E-state index contributed by atoms with van der Waals surface area (Å²) < 4.78 is 5.37. The fourth-order valence-electron chi connectivity index (χ4n) is 2.40. The van der Waals surface area contributed by atoms with Gasteiger partial charge in [0.1, 0.15) is 5.76 Å². The Bertz CT molecular complexity index is 510. The molecule has 3 rings (SSSR count). The van der Waals surface area contributed by atoms with Crippen LogP contribution in [0.4, 0.5) is 0 Å². The van der Waals surface area contributed by atoms with Gasteiger partial charge in [-0.2, -0.15) is 0 Å². The number of alkyl halides is 1. The molecule has 2 aromatic rings. The Hall–Kier alpha value is -1.13. The van der Waals surface area contributed by atoms with Gasteiger partial charge >= 0.3 is 0 Å². The summed E-state index contributed by atoms with van der Waals surface area (Å²) in [5.41, 5.74) is 3.68. The number of fused-ring (bicyclic) bond motifs is 1. The second-order valence-corrected chi connectivity index (χ2v) is 5.17. The molecule has 1 aliphatic rings. The van der Waals surface area contributed by atoms with E-state index in [1.54, 1.807) is 0 Å². The van der Waals surface area contributed by atoms with Crippen LogP contribution in [-0.4, -0.2) is 16.6 Å². The molecule has 1 aromatic heterocycles. The monoisotopic (exact) mass is 306 g/mol. The van der Waals surface area contributed by atoms with Crippen LogP contribution in [-0.2, 0) is 24.8 Å². The summed E-state index contributed by atoms with van der Waals surface area (Å²) in [6.07, 6.45) is 0.960. The number of halogens is 1. The molecule has 4 heteroatoms. The van der Waals surface area contributed by atoms with Crippen LogP contribution in [0.3, 0.4) is 0 Å². The van der Waals surface area contributed by atoms with Crippen molar-refractivity contribution in [1.82, 2.24) is 10.1 Å². The lowest BCUT2D eigenvalue weighted by Gasteiger charge is -2.25. The minimum Gasteiger partial charge on any atom is -0.361 e. The summed E-state index contributed by atoms with van der Waals surface area (Å²) in [4.78, 5) is 2.45. The van der Waals surface area contributed by atoms with E-state index in [-0.39, 0.29) is 0 Å². The summed E-state index contributed by atoms with van der Waals surface area (Å²) in [5.74, 6) is 1.06. The van der Waals surface area contributed by atoms with Crippen LogP contribution < -0.4 is 0 Å². The van der Waals surface area contributed by atoms with Gasteiger partial charge in [0.05, 0.1) is 5.69 Å². The van der Waals surface area contributed by atoms with Gasteiger partial charge in [-0.1, -0.05) is 51.4 Å². The second-order valence-electron chi connectivity index (χ2n) is 4.61. The van der Waals surface area contributed by atoms with Crippen molar-refractivity contribution in [2.45, 2.75) is 24.8 Å². The first-order valence-electron chi connectivity index (χ1n) is 6.15. The third-order valence-corrected chi connectivity index (χ3v) is 3.89. The maximum absolute atomic E-state index is 5.37. The lowest BCUT2D eigenvalue weighted by molar-refractivity contribution is 0.228. The molecule has 2 heterocycles. The van der Waals surface area contributed by atoms with E-state index >= 15 is 0 Å². The lowest BCUT2D eigenvalue weighted by Crippen LogP contribution is -2.29. The van der Waals surface area contributed by atoms with Crippen LogP contribution >= 0.6 is 15.9 Å². The highest BCUT2D eigenvalue weighted by atomic mass is 79.9. The Kier molecular flexibility index (Phi) is 3.48. The smallest absolute Gasteiger partial charge is 0.142 e. The van der Waals surface area contributed by atoms with Gasteiger partial charge in [-0.25, -0.2) is 0 Å². The normalized spacial score (nSPS) is 15.6. The number of nitrogens with zero attached hydrogens (tertiary/aromatic N) is 2. The number of hydrogen-bond acceptors (Lipinski definition) is 3. The molecule has 0 amide bonds. The van der Waals surface area contributed by atoms with Gasteiger partial charge in [0.25, 0.3) is 0 Å². The van der Waals surface area contributed by atoms with Gasteiger partial charge < -0.3 is 4.52 Å². The van der Waals surface area contributed by atoms with E-state index in [0.29, 0.717) is 0 Å². The molecule has 0 radical (unpaired) electrons. The minimum atomic E-state index is 0.769. The Balaban J connectivity index is 1.74. The van der Waals surface area contributed by atoms with E-state index in [2.05, 4.69) is 56.3 Å². The third-order valence-electron chi connectivity index (χ3n) is 3.36. The van der Waals surface area contributed by atoms with Crippen LogP contribution in [0.2, 0.25) is 0 Å². The van der Waals surface area contributed by atoms with Gasteiger partial charge in [-0.3, -0.25) is 4.90 Å². The fraction of sp³-hybridized carbons (Fsp3) is 0.357. The zero-order chi connectivity index (χ0) is 12.4. The van der Waals surface area contributed by atoms with Gasteiger partial charge in [0, 0.05) is 36.9 Å². The molecular formula is C14H15BrN2O. The topological polar surface area (TPSA) is 29.3 Å². The molecule has 0 spiro atoms. The van der Waals surface area contributed by atoms with Crippen molar-refractivity contribution in [3.05, 3.63) is 52.9 Å². The van der Waals surface area contributed by atoms with Crippen molar-refractivity contribution in [3.63, 3.8) is 0 Å². The second kappa shape index (κ2) is 5.24. The number of rotatable bonds is 3. The highest BCUT2D eigenvalue weighted by Gasteiger charge is 2.23. The van der Waals surface area contributed by atoms with Crippen molar-refractivity contribution in [3.8, 4) is 0 Å². The Morgan fingerprint density at radius 2 is 2.11 bits per heavy atom. The Labute approximate surface area is 115 Å². The zero-order valence-electron chi connectivity index (χ0n) is 10.1. The first-order chi connectivity index (χ1) is 8.86. The molecule has 1 aromatic carbocycles. The predicted molar refractivity (Wildman–Crippen MR) is 73.4 cm³/mol. The Morgan fingerprint density at radius 3 is 2.89 bits per heavy atom. The van der Waals surface area contributed by atoms with E-state index in [9.17, 15) is 0 Å². The average molecular weight is 307 g/mol. The zero-order valence-corrected chi connectivity index (χ0v) is 11.7. The van der Waals surface area contributed by atoms with E-state index < -0.39 is 0 Å². The molecular weight excluding hydrogens is 292 g/mol. The number of aromatic nitrogens is 1. The van der Waals surface area contributed by atoms with E-state index in [4.69, 9.17) is 4.52 Å². The van der Waals surface area contributed by atoms with Crippen LogP contribution in [0.1, 0.15) is 22.6 Å². The summed E-state index contributed by atoms with van der Waals surface area (Å²) in [5, 5.41) is 4.88. The summed E-state index contributed by atoms with van der Waals surface area (Å²) in [7, 11) is 0. The van der Waals surface area contributed by atoms with Crippen LogP contribution in [0.15, 0.2) is 34.9 Å². The highest BCUT2D eigenvalue weighted by molar-refractivity contribution is 9.08. The molecule has 0 atom stereocenters. The molecule has 0 fully saturated rings. The molecule has 1 aliphatic heterocycles. The molecule has 0 unspecified atom stereocenters. The first kappa shape index (κ1) is 11.9.